The van der Waals surface area contributed by atoms with Crippen molar-refractivity contribution in [1.82, 2.24) is 14.8 Å². The molecule has 2 aromatic heterocycles. The van der Waals surface area contributed by atoms with Gasteiger partial charge in [-0.2, -0.15) is 0 Å². The minimum atomic E-state index is 0.139. The van der Waals surface area contributed by atoms with Crippen LogP contribution in [0.15, 0.2) is 17.5 Å². The summed E-state index contributed by atoms with van der Waals surface area (Å²) in [6.45, 7) is 4.00. The summed E-state index contributed by atoms with van der Waals surface area (Å²) in [5.74, 6) is 0.395. The number of ketones is 1. The Morgan fingerprint density at radius 1 is 1.21 bits per heavy atom. The van der Waals surface area contributed by atoms with Crippen molar-refractivity contribution in [2.24, 2.45) is 0 Å². The number of carbonyl (C=O) groups is 2. The van der Waals surface area contributed by atoms with E-state index >= 15 is 0 Å². The maximum absolute atomic E-state index is 12.4. The zero-order chi connectivity index (χ0) is 16.5. The Labute approximate surface area is 148 Å². The fourth-order valence-corrected chi connectivity index (χ4v) is 5.05. The number of rotatable bonds is 3. The predicted molar refractivity (Wildman–Crippen MR) is 94.9 cm³/mol. The molecule has 24 heavy (non-hydrogen) atoms. The molecule has 0 radical (unpaired) electrons. The van der Waals surface area contributed by atoms with Gasteiger partial charge in [-0.3, -0.25) is 14.5 Å². The van der Waals surface area contributed by atoms with E-state index in [-0.39, 0.29) is 11.7 Å². The molecular weight excluding hydrogens is 342 g/mol. The number of piperazine rings is 1. The second-order valence-electron chi connectivity index (χ2n) is 6.21. The minimum Gasteiger partial charge on any atom is -0.335 e. The molecule has 7 heteroatoms. The maximum Gasteiger partial charge on any atom is 0.264 e. The fourth-order valence-electron chi connectivity index (χ4n) is 3.24. The van der Waals surface area contributed by atoms with E-state index in [2.05, 4.69) is 9.88 Å². The van der Waals surface area contributed by atoms with Gasteiger partial charge in [-0.1, -0.05) is 6.07 Å². The van der Waals surface area contributed by atoms with Gasteiger partial charge in [0.15, 0.2) is 5.78 Å². The first-order chi connectivity index (χ1) is 11.7. The quantitative estimate of drug-likeness (QED) is 0.843. The standard InChI is InChI=1S/C17H19N3O2S2/c21-13-4-1-3-12-16(13)24-15(18-12)11-19-6-8-20(9-7-19)17(22)14-5-2-10-23-14/h2,5,10H,1,3-4,6-9,11H2. The average Bonchev–Trinajstić information content (AvgIpc) is 3.25. The molecule has 126 valence electrons. The largest absolute Gasteiger partial charge is 0.335 e. The number of fused-ring (bicyclic) bond motifs is 1. The van der Waals surface area contributed by atoms with Gasteiger partial charge in [0, 0.05) is 32.6 Å². The van der Waals surface area contributed by atoms with Gasteiger partial charge in [-0.25, -0.2) is 4.98 Å². The number of aryl methyl sites for hydroxylation is 1. The molecule has 0 spiro atoms. The molecule has 1 aliphatic heterocycles. The zero-order valence-corrected chi connectivity index (χ0v) is 15.0. The highest BCUT2D eigenvalue weighted by atomic mass is 32.1. The normalized spacial score (nSPS) is 18.7. The molecule has 5 nitrogen and oxygen atoms in total. The Hall–Kier alpha value is -1.57. The Balaban J connectivity index is 1.35. The molecule has 0 atom stereocenters. The van der Waals surface area contributed by atoms with Crippen molar-refractivity contribution in [3.63, 3.8) is 0 Å². The number of amides is 1. The summed E-state index contributed by atoms with van der Waals surface area (Å²) in [5.41, 5.74) is 0.998. The Morgan fingerprint density at radius 3 is 2.75 bits per heavy atom. The molecule has 2 aromatic rings. The lowest BCUT2D eigenvalue weighted by Gasteiger charge is -2.34. The van der Waals surface area contributed by atoms with Crippen molar-refractivity contribution in [2.75, 3.05) is 26.2 Å². The first kappa shape index (κ1) is 15.9. The molecule has 0 saturated carbocycles. The van der Waals surface area contributed by atoms with E-state index in [1.54, 1.807) is 11.3 Å². The summed E-state index contributed by atoms with van der Waals surface area (Å²) in [6, 6.07) is 3.80. The number of thiophene rings is 1. The fraction of sp³-hybridized carbons (Fsp3) is 0.471. The summed E-state index contributed by atoms with van der Waals surface area (Å²) in [5, 5.41) is 2.97. The number of hydrogen-bond donors (Lipinski definition) is 0. The molecule has 0 bridgehead atoms. The minimum absolute atomic E-state index is 0.139. The molecule has 1 fully saturated rings. The van der Waals surface area contributed by atoms with Crippen LogP contribution in [0, 0.1) is 0 Å². The van der Waals surface area contributed by atoms with Gasteiger partial charge in [-0.05, 0) is 24.3 Å². The van der Waals surface area contributed by atoms with Gasteiger partial charge in [-0.15, -0.1) is 22.7 Å². The number of nitrogens with zero attached hydrogens (tertiary/aromatic N) is 3. The maximum atomic E-state index is 12.4. The smallest absolute Gasteiger partial charge is 0.264 e. The van der Waals surface area contributed by atoms with Crippen molar-refractivity contribution >= 4 is 34.4 Å². The SMILES string of the molecule is O=C1CCCc2nc(CN3CCN(C(=O)c4cccs4)CC3)sc21. The summed E-state index contributed by atoms with van der Waals surface area (Å²) >= 11 is 3.06. The van der Waals surface area contributed by atoms with E-state index < -0.39 is 0 Å². The van der Waals surface area contributed by atoms with Crippen LogP contribution in [0.1, 0.15) is 42.9 Å². The third kappa shape index (κ3) is 3.16. The van der Waals surface area contributed by atoms with Crippen LogP contribution in [0.2, 0.25) is 0 Å². The van der Waals surface area contributed by atoms with Gasteiger partial charge in [0.05, 0.1) is 22.0 Å². The van der Waals surface area contributed by atoms with E-state index in [0.717, 1.165) is 66.0 Å². The Kier molecular flexibility index (Phi) is 4.47. The molecule has 1 amide bonds. The number of thiazole rings is 1. The third-order valence-corrected chi connectivity index (χ3v) is 6.54. The summed E-state index contributed by atoms with van der Waals surface area (Å²) in [4.78, 5) is 34.9. The predicted octanol–water partition coefficient (Wildman–Crippen LogP) is 2.68. The van der Waals surface area contributed by atoms with Gasteiger partial charge < -0.3 is 4.90 Å². The highest BCUT2D eigenvalue weighted by Crippen LogP contribution is 2.27. The van der Waals surface area contributed by atoms with Crippen LogP contribution in [0.4, 0.5) is 0 Å². The van der Waals surface area contributed by atoms with Crippen molar-refractivity contribution in [3.8, 4) is 0 Å². The van der Waals surface area contributed by atoms with Crippen LogP contribution in [0.3, 0.4) is 0 Å². The van der Waals surface area contributed by atoms with Gasteiger partial charge in [0.1, 0.15) is 5.01 Å². The van der Waals surface area contributed by atoms with Gasteiger partial charge in [0.25, 0.3) is 5.91 Å². The van der Waals surface area contributed by atoms with Crippen LogP contribution >= 0.6 is 22.7 Å². The summed E-state index contributed by atoms with van der Waals surface area (Å²) in [6.07, 6.45) is 2.53. The lowest BCUT2D eigenvalue weighted by molar-refractivity contribution is 0.0633. The van der Waals surface area contributed by atoms with Crippen molar-refractivity contribution < 1.29 is 9.59 Å². The molecule has 2 aliphatic rings. The van der Waals surface area contributed by atoms with E-state index in [1.165, 1.54) is 11.3 Å². The van der Waals surface area contributed by atoms with Crippen LogP contribution in [-0.2, 0) is 13.0 Å². The first-order valence-corrected chi connectivity index (χ1v) is 9.97. The van der Waals surface area contributed by atoms with E-state index in [9.17, 15) is 9.59 Å². The first-order valence-electron chi connectivity index (χ1n) is 8.27. The molecule has 0 N–H and O–H groups in total. The second-order valence-corrected chi connectivity index (χ2v) is 8.24. The van der Waals surface area contributed by atoms with E-state index in [1.807, 2.05) is 22.4 Å². The molecule has 3 heterocycles. The van der Waals surface area contributed by atoms with Gasteiger partial charge in [0.2, 0.25) is 0 Å². The molecule has 4 rings (SSSR count). The van der Waals surface area contributed by atoms with Crippen molar-refractivity contribution in [2.45, 2.75) is 25.8 Å². The molecule has 1 aliphatic carbocycles. The Bertz CT molecular complexity index is 746. The third-order valence-electron chi connectivity index (χ3n) is 4.56. The second kappa shape index (κ2) is 6.74. The van der Waals surface area contributed by atoms with Crippen LogP contribution in [-0.4, -0.2) is 52.7 Å². The van der Waals surface area contributed by atoms with Crippen LogP contribution in [0.25, 0.3) is 0 Å². The number of hydrogen-bond acceptors (Lipinski definition) is 6. The average molecular weight is 361 g/mol. The van der Waals surface area contributed by atoms with Crippen molar-refractivity contribution in [1.29, 1.82) is 0 Å². The van der Waals surface area contributed by atoms with Crippen LogP contribution in [0.5, 0.6) is 0 Å². The lowest BCUT2D eigenvalue weighted by Crippen LogP contribution is -2.48. The monoisotopic (exact) mass is 361 g/mol. The molecular formula is C17H19N3O2S2. The topological polar surface area (TPSA) is 53.5 Å². The number of aromatic nitrogens is 1. The van der Waals surface area contributed by atoms with Crippen LogP contribution < -0.4 is 0 Å². The highest BCUT2D eigenvalue weighted by Gasteiger charge is 2.25. The van der Waals surface area contributed by atoms with Gasteiger partial charge >= 0.3 is 0 Å². The lowest BCUT2D eigenvalue weighted by atomic mass is 10.0. The van der Waals surface area contributed by atoms with Crippen molar-refractivity contribution in [3.05, 3.63) is 38.0 Å². The van der Waals surface area contributed by atoms with E-state index in [4.69, 9.17) is 0 Å². The number of Topliss-reactive ketones (excluding diaryl/α,β-unsaturated/α-hetero) is 1. The summed E-state index contributed by atoms with van der Waals surface area (Å²) < 4.78 is 0. The molecule has 0 unspecified atom stereocenters. The Morgan fingerprint density at radius 2 is 2.04 bits per heavy atom. The molecule has 0 aromatic carbocycles. The zero-order valence-electron chi connectivity index (χ0n) is 13.4. The van der Waals surface area contributed by atoms with E-state index in [0.29, 0.717) is 6.42 Å². The number of carbonyl (C=O) groups excluding carboxylic acids is 2. The highest BCUT2D eigenvalue weighted by molar-refractivity contribution is 7.13. The summed E-state index contributed by atoms with van der Waals surface area (Å²) in [7, 11) is 0. The molecule has 1 saturated heterocycles.